The fourth-order valence-corrected chi connectivity index (χ4v) is 3.59. The molecule has 7 heteroatoms. The first-order chi connectivity index (χ1) is 14.6. The molecule has 0 aromatic heterocycles. The van der Waals surface area contributed by atoms with E-state index in [9.17, 15) is 20.1 Å². The largest absolute Gasteiger partial charge is 0.508 e. The fourth-order valence-electron chi connectivity index (χ4n) is 3.59. The van der Waals surface area contributed by atoms with Crippen LogP contribution in [0.25, 0.3) is 0 Å². The summed E-state index contributed by atoms with van der Waals surface area (Å²) in [6.07, 6.45) is 0.0870. The number of β-amino-alcohol motifs (C(OH)–C–C–N with tert-alkyl or cyclic N) is 1. The summed E-state index contributed by atoms with van der Waals surface area (Å²) in [5.41, 5.74) is 2.08. The number of phenolic OH excluding ortho intramolecular Hbond substituents is 2. The Labute approximate surface area is 184 Å². The summed E-state index contributed by atoms with van der Waals surface area (Å²) in [7, 11) is 0. The molecule has 170 valence electrons. The van der Waals surface area contributed by atoms with Crippen LogP contribution in [0.15, 0.2) is 42.5 Å². The van der Waals surface area contributed by atoms with Crippen molar-refractivity contribution in [2.45, 2.75) is 45.3 Å². The summed E-state index contributed by atoms with van der Waals surface area (Å²) in [6.45, 7) is 7.05. The van der Waals surface area contributed by atoms with Crippen LogP contribution in [0.4, 0.5) is 0 Å². The zero-order valence-corrected chi connectivity index (χ0v) is 18.5. The van der Waals surface area contributed by atoms with Crippen molar-refractivity contribution in [3.8, 4) is 11.5 Å². The van der Waals surface area contributed by atoms with Gasteiger partial charge in [0.25, 0.3) is 0 Å². The average molecular weight is 431 g/mol. The molecule has 1 amide bonds. The number of phenols is 2. The minimum Gasteiger partial charge on any atom is -0.508 e. The van der Waals surface area contributed by atoms with Gasteiger partial charge in [-0.1, -0.05) is 24.3 Å². The minimum absolute atomic E-state index is 0.0106. The van der Waals surface area contributed by atoms with Crippen LogP contribution in [-0.2, 0) is 17.6 Å². The second-order valence-electron chi connectivity index (χ2n) is 8.43. The molecule has 7 nitrogen and oxygen atoms in total. The highest BCUT2D eigenvalue weighted by atomic mass is 16.3. The van der Waals surface area contributed by atoms with Crippen molar-refractivity contribution in [2.75, 3.05) is 26.2 Å². The lowest BCUT2D eigenvalue weighted by Gasteiger charge is -2.28. The number of aromatic hydroxyl groups is 2. The van der Waals surface area contributed by atoms with E-state index in [0.717, 1.165) is 11.1 Å². The number of aliphatic hydroxyl groups excluding tert-OH is 2. The lowest BCUT2D eigenvalue weighted by atomic mass is 9.93. The van der Waals surface area contributed by atoms with Gasteiger partial charge >= 0.3 is 0 Å². The van der Waals surface area contributed by atoms with Crippen LogP contribution >= 0.6 is 0 Å². The van der Waals surface area contributed by atoms with Crippen molar-refractivity contribution in [2.24, 2.45) is 0 Å². The number of rotatable bonds is 11. The molecule has 0 heterocycles. The van der Waals surface area contributed by atoms with Gasteiger partial charge in [-0.3, -0.25) is 4.79 Å². The monoisotopic (exact) mass is 430 g/mol. The van der Waals surface area contributed by atoms with Gasteiger partial charge in [0.05, 0.1) is 19.1 Å². The SMILES string of the molecule is CCN(CCO)C(=O)Cc1cccc(CC(C)(C)NCC(O)c2cc(O)cc(O)c2)c1. The molecule has 0 radical (unpaired) electrons. The molecule has 0 fully saturated rings. The molecule has 5 N–H and O–H groups in total. The van der Waals surface area contributed by atoms with Crippen LogP contribution in [0.1, 0.15) is 43.6 Å². The standard InChI is InChI=1S/C24H34N2O5/c1-4-26(8-9-27)23(31)11-17-6-5-7-18(10-17)15-24(2,3)25-16-22(30)19-12-20(28)14-21(29)13-19/h5-7,10,12-14,22,25,27-30H,4,8-9,11,15-16H2,1-3H3. The van der Waals surface area contributed by atoms with Crippen LogP contribution in [0, 0.1) is 0 Å². The summed E-state index contributed by atoms with van der Waals surface area (Å²) < 4.78 is 0. The third kappa shape index (κ3) is 7.86. The Morgan fingerprint density at radius 1 is 1.10 bits per heavy atom. The van der Waals surface area contributed by atoms with Crippen LogP contribution in [0.5, 0.6) is 11.5 Å². The molecule has 1 unspecified atom stereocenters. The van der Waals surface area contributed by atoms with E-state index in [1.165, 1.54) is 18.2 Å². The number of nitrogens with zero attached hydrogens (tertiary/aromatic N) is 1. The highest BCUT2D eigenvalue weighted by molar-refractivity contribution is 5.78. The maximum absolute atomic E-state index is 12.4. The molecule has 31 heavy (non-hydrogen) atoms. The van der Waals surface area contributed by atoms with E-state index in [2.05, 4.69) is 5.32 Å². The molecular weight excluding hydrogens is 396 g/mol. The zero-order chi connectivity index (χ0) is 23.0. The van der Waals surface area contributed by atoms with Crippen molar-refractivity contribution in [1.82, 2.24) is 10.2 Å². The second-order valence-corrected chi connectivity index (χ2v) is 8.43. The van der Waals surface area contributed by atoms with Crippen LogP contribution in [0.3, 0.4) is 0 Å². The first-order valence-electron chi connectivity index (χ1n) is 10.6. The molecule has 2 rings (SSSR count). The van der Waals surface area contributed by atoms with Crippen molar-refractivity contribution in [3.05, 3.63) is 59.2 Å². The second kappa shape index (κ2) is 11.1. The summed E-state index contributed by atoms with van der Waals surface area (Å²) in [5.74, 6) is -0.204. The number of hydrogen-bond acceptors (Lipinski definition) is 6. The van der Waals surface area contributed by atoms with Crippen molar-refractivity contribution in [3.63, 3.8) is 0 Å². The van der Waals surface area contributed by atoms with E-state index < -0.39 is 6.10 Å². The Hall–Kier alpha value is -2.61. The number of benzene rings is 2. The minimum atomic E-state index is -0.882. The lowest BCUT2D eigenvalue weighted by molar-refractivity contribution is -0.130. The van der Waals surface area contributed by atoms with E-state index in [1.807, 2.05) is 45.0 Å². The van der Waals surface area contributed by atoms with Gasteiger partial charge in [0.15, 0.2) is 0 Å². The number of likely N-dealkylation sites (N-methyl/N-ethyl adjacent to an activating group) is 1. The Morgan fingerprint density at radius 3 is 2.35 bits per heavy atom. The first-order valence-corrected chi connectivity index (χ1v) is 10.6. The maximum atomic E-state index is 12.4. The van der Waals surface area contributed by atoms with Gasteiger partial charge in [0.2, 0.25) is 5.91 Å². The lowest BCUT2D eigenvalue weighted by Crippen LogP contribution is -2.43. The highest BCUT2D eigenvalue weighted by Gasteiger charge is 2.21. The summed E-state index contributed by atoms with van der Waals surface area (Å²) in [5, 5.41) is 42.1. The van der Waals surface area contributed by atoms with Crippen LogP contribution in [0.2, 0.25) is 0 Å². The molecule has 0 aliphatic rings. The molecule has 0 aliphatic heterocycles. The summed E-state index contributed by atoms with van der Waals surface area (Å²) in [4.78, 5) is 14.1. The number of hydrogen-bond donors (Lipinski definition) is 5. The normalized spacial score (nSPS) is 12.5. The van der Waals surface area contributed by atoms with E-state index in [0.29, 0.717) is 25.1 Å². The molecule has 0 saturated carbocycles. The predicted octanol–water partition coefficient (Wildman–Crippen LogP) is 2.13. The quantitative estimate of drug-likeness (QED) is 0.373. The fraction of sp³-hybridized carbons (Fsp3) is 0.458. The van der Waals surface area contributed by atoms with Crippen molar-refractivity contribution < 1.29 is 25.2 Å². The number of aliphatic hydroxyl groups is 2. The number of carbonyl (C=O) groups excluding carboxylic acids is 1. The van der Waals surface area contributed by atoms with Crippen molar-refractivity contribution in [1.29, 1.82) is 0 Å². The van der Waals surface area contributed by atoms with E-state index >= 15 is 0 Å². The summed E-state index contributed by atoms with van der Waals surface area (Å²) in [6, 6.07) is 11.9. The third-order valence-electron chi connectivity index (χ3n) is 5.18. The molecule has 2 aromatic carbocycles. The Morgan fingerprint density at radius 2 is 1.74 bits per heavy atom. The first kappa shape index (κ1) is 24.7. The summed E-state index contributed by atoms with van der Waals surface area (Å²) >= 11 is 0. The van der Waals surface area contributed by atoms with Gasteiger partial charge < -0.3 is 30.6 Å². The maximum Gasteiger partial charge on any atom is 0.227 e. The average Bonchev–Trinajstić information content (AvgIpc) is 2.69. The molecule has 0 spiro atoms. The van der Waals surface area contributed by atoms with Gasteiger partial charge in [-0.25, -0.2) is 0 Å². The molecule has 2 aromatic rings. The molecule has 0 aliphatic carbocycles. The van der Waals surface area contributed by atoms with Crippen LogP contribution < -0.4 is 5.32 Å². The smallest absolute Gasteiger partial charge is 0.227 e. The van der Waals surface area contributed by atoms with E-state index in [-0.39, 0.29) is 42.5 Å². The van der Waals surface area contributed by atoms with Gasteiger partial charge in [-0.2, -0.15) is 0 Å². The zero-order valence-electron chi connectivity index (χ0n) is 18.5. The Balaban J connectivity index is 1.98. The van der Waals surface area contributed by atoms with Crippen molar-refractivity contribution >= 4 is 5.91 Å². The topological polar surface area (TPSA) is 113 Å². The third-order valence-corrected chi connectivity index (χ3v) is 5.18. The molecule has 1 atom stereocenters. The van der Waals surface area contributed by atoms with Gasteiger partial charge in [-0.15, -0.1) is 0 Å². The van der Waals surface area contributed by atoms with E-state index in [4.69, 9.17) is 5.11 Å². The molecule has 0 bridgehead atoms. The van der Waals surface area contributed by atoms with E-state index in [1.54, 1.807) is 4.90 Å². The highest BCUT2D eigenvalue weighted by Crippen LogP contribution is 2.25. The van der Waals surface area contributed by atoms with Crippen LogP contribution in [-0.4, -0.2) is 63.0 Å². The van der Waals surface area contributed by atoms with Gasteiger partial charge in [-0.05, 0) is 56.0 Å². The number of amides is 1. The Bertz CT molecular complexity index is 849. The molecular formula is C24H34N2O5. The van der Waals surface area contributed by atoms with Gasteiger partial charge in [0, 0.05) is 31.2 Å². The predicted molar refractivity (Wildman–Crippen MR) is 120 cm³/mol. The van der Waals surface area contributed by atoms with Gasteiger partial charge in [0.1, 0.15) is 11.5 Å². The Kier molecular flexibility index (Phi) is 8.86. The molecule has 0 saturated heterocycles. The number of nitrogens with one attached hydrogen (secondary N) is 1. The number of carbonyl (C=O) groups is 1.